The number of carbonyl (C=O) groups excluding carboxylic acids is 1. The van der Waals surface area contributed by atoms with Crippen LogP contribution >= 0.6 is 0 Å². The smallest absolute Gasteiger partial charge is 0.315 e. The summed E-state index contributed by atoms with van der Waals surface area (Å²) >= 11 is 0. The van der Waals surface area contributed by atoms with Crippen molar-refractivity contribution in [2.75, 3.05) is 27.2 Å². The monoisotopic (exact) mass is 309 g/mol. The van der Waals surface area contributed by atoms with Crippen LogP contribution in [0.1, 0.15) is 31.7 Å². The van der Waals surface area contributed by atoms with E-state index in [1.54, 1.807) is 6.20 Å². The zero-order chi connectivity index (χ0) is 16.1. The van der Waals surface area contributed by atoms with Gasteiger partial charge in [0.15, 0.2) is 0 Å². The van der Waals surface area contributed by atoms with Crippen molar-refractivity contribution in [2.24, 2.45) is 7.05 Å². The maximum atomic E-state index is 12.1. The Morgan fingerprint density at radius 3 is 3.00 bits per heavy atom. The molecule has 2 rings (SSSR count). The van der Waals surface area contributed by atoms with E-state index in [1.807, 2.05) is 38.8 Å². The highest BCUT2D eigenvalue weighted by Crippen LogP contribution is 2.27. The maximum Gasteiger partial charge on any atom is 0.315 e. The summed E-state index contributed by atoms with van der Waals surface area (Å²) in [5.41, 5.74) is 0. The van der Waals surface area contributed by atoms with Crippen molar-refractivity contribution in [2.45, 2.75) is 38.0 Å². The normalized spacial score (nSPS) is 22.8. The number of carbonyl (C=O) groups is 1. The zero-order valence-electron chi connectivity index (χ0n) is 13.9. The van der Waals surface area contributed by atoms with Gasteiger partial charge in [-0.05, 0) is 40.4 Å². The minimum absolute atomic E-state index is 0.0397. The fraction of sp³-hybridized carbons (Fsp3) is 0.733. The summed E-state index contributed by atoms with van der Waals surface area (Å²) in [7, 11) is 5.99. The Kier molecular flexibility index (Phi) is 5.79. The summed E-state index contributed by atoms with van der Waals surface area (Å²) < 4.78 is 7.68. The topological polar surface area (TPSA) is 71.4 Å². The summed E-state index contributed by atoms with van der Waals surface area (Å²) in [6.45, 7) is 3.60. The molecule has 7 nitrogen and oxygen atoms in total. The SMILES string of the molecule is CC(CCN(C)C)NC(=O)N[C@H]1CCO[C@@H]1c1nccn1C. The number of ether oxygens (including phenoxy) is 1. The average Bonchev–Trinajstić information content (AvgIpc) is 3.05. The molecule has 2 N–H and O–H groups in total. The number of rotatable bonds is 6. The second-order valence-electron chi connectivity index (χ2n) is 6.19. The molecule has 1 saturated heterocycles. The molecular formula is C15H27N5O2. The van der Waals surface area contributed by atoms with Gasteiger partial charge in [0.2, 0.25) is 0 Å². The summed E-state index contributed by atoms with van der Waals surface area (Å²) in [6, 6.07) is -0.0422. The van der Waals surface area contributed by atoms with E-state index in [0.29, 0.717) is 6.61 Å². The molecule has 0 aromatic carbocycles. The third kappa shape index (κ3) is 4.45. The summed E-state index contributed by atoms with van der Waals surface area (Å²) in [4.78, 5) is 18.6. The molecule has 3 atom stereocenters. The molecule has 0 spiro atoms. The van der Waals surface area contributed by atoms with E-state index in [-0.39, 0.29) is 24.2 Å². The lowest BCUT2D eigenvalue weighted by molar-refractivity contribution is 0.0907. The molecule has 1 aromatic heterocycles. The van der Waals surface area contributed by atoms with Crippen LogP contribution in [0.15, 0.2) is 12.4 Å². The van der Waals surface area contributed by atoms with Crippen molar-refractivity contribution in [3.63, 3.8) is 0 Å². The van der Waals surface area contributed by atoms with Crippen LogP contribution in [0.3, 0.4) is 0 Å². The Balaban J connectivity index is 1.84. The summed E-state index contributed by atoms with van der Waals surface area (Å²) in [5.74, 6) is 0.850. The lowest BCUT2D eigenvalue weighted by Crippen LogP contribution is -2.47. The molecule has 1 unspecified atom stereocenters. The van der Waals surface area contributed by atoms with E-state index in [0.717, 1.165) is 25.2 Å². The molecule has 7 heteroatoms. The first kappa shape index (κ1) is 16.8. The summed E-state index contributed by atoms with van der Waals surface area (Å²) in [6.07, 6.45) is 5.18. The van der Waals surface area contributed by atoms with Gasteiger partial charge >= 0.3 is 6.03 Å². The molecular weight excluding hydrogens is 282 g/mol. The molecule has 1 aliphatic rings. The first-order valence-corrected chi connectivity index (χ1v) is 7.78. The minimum atomic E-state index is -0.178. The van der Waals surface area contributed by atoms with Crippen molar-refractivity contribution in [3.8, 4) is 0 Å². The van der Waals surface area contributed by atoms with Gasteiger partial charge in [-0.15, -0.1) is 0 Å². The number of hydrogen-bond donors (Lipinski definition) is 2. The fourth-order valence-corrected chi connectivity index (χ4v) is 2.60. The highest BCUT2D eigenvalue weighted by atomic mass is 16.5. The Morgan fingerprint density at radius 2 is 2.36 bits per heavy atom. The van der Waals surface area contributed by atoms with Crippen LogP contribution in [0.2, 0.25) is 0 Å². The van der Waals surface area contributed by atoms with Crippen molar-refractivity contribution < 1.29 is 9.53 Å². The van der Waals surface area contributed by atoms with Gasteiger partial charge < -0.3 is 24.8 Å². The van der Waals surface area contributed by atoms with E-state index in [2.05, 4.69) is 20.5 Å². The molecule has 124 valence electrons. The van der Waals surface area contributed by atoms with Crippen molar-refractivity contribution >= 4 is 6.03 Å². The Morgan fingerprint density at radius 1 is 1.59 bits per heavy atom. The number of amides is 2. The molecule has 0 saturated carbocycles. The number of aryl methyl sites for hydroxylation is 1. The van der Waals surface area contributed by atoms with Crippen molar-refractivity contribution in [1.29, 1.82) is 0 Å². The second-order valence-corrected chi connectivity index (χ2v) is 6.19. The van der Waals surface area contributed by atoms with E-state index >= 15 is 0 Å². The van der Waals surface area contributed by atoms with Gasteiger partial charge in [-0.25, -0.2) is 9.78 Å². The highest BCUT2D eigenvalue weighted by Gasteiger charge is 2.33. The molecule has 1 fully saturated rings. The Hall–Kier alpha value is -1.60. The molecule has 22 heavy (non-hydrogen) atoms. The Bertz CT molecular complexity index is 488. The first-order valence-electron chi connectivity index (χ1n) is 7.78. The molecule has 1 aliphatic heterocycles. The van der Waals surface area contributed by atoms with E-state index in [4.69, 9.17) is 4.74 Å². The van der Waals surface area contributed by atoms with Crippen LogP contribution in [-0.4, -0.2) is 59.8 Å². The van der Waals surface area contributed by atoms with Gasteiger partial charge in [0.25, 0.3) is 0 Å². The largest absolute Gasteiger partial charge is 0.368 e. The van der Waals surface area contributed by atoms with E-state index in [9.17, 15) is 4.79 Å². The minimum Gasteiger partial charge on any atom is -0.368 e. The number of nitrogens with zero attached hydrogens (tertiary/aromatic N) is 3. The van der Waals surface area contributed by atoms with Crippen molar-refractivity contribution in [3.05, 3.63) is 18.2 Å². The third-order valence-electron chi connectivity index (χ3n) is 3.91. The van der Waals surface area contributed by atoms with Crippen LogP contribution in [0.5, 0.6) is 0 Å². The standard InChI is InChI=1S/C15H27N5O2/c1-11(5-8-19(2)3)17-15(21)18-12-6-10-22-13(12)14-16-7-9-20(14)4/h7,9,11-13H,5-6,8,10H2,1-4H3,(H2,17,18,21)/t11?,12-,13-/m0/s1. The number of imidazole rings is 1. The van der Waals surface area contributed by atoms with Crippen molar-refractivity contribution in [1.82, 2.24) is 25.1 Å². The van der Waals surface area contributed by atoms with Crippen LogP contribution in [0.4, 0.5) is 4.79 Å². The molecule has 0 radical (unpaired) electrons. The van der Waals surface area contributed by atoms with E-state index in [1.165, 1.54) is 0 Å². The van der Waals surface area contributed by atoms with Gasteiger partial charge in [-0.2, -0.15) is 0 Å². The fourth-order valence-electron chi connectivity index (χ4n) is 2.60. The lowest BCUT2D eigenvalue weighted by Gasteiger charge is -2.22. The Labute approximate surface area is 132 Å². The molecule has 1 aromatic rings. The molecule has 2 amide bonds. The third-order valence-corrected chi connectivity index (χ3v) is 3.91. The van der Waals surface area contributed by atoms with E-state index < -0.39 is 0 Å². The van der Waals surface area contributed by atoms with Gasteiger partial charge in [-0.1, -0.05) is 0 Å². The second kappa shape index (κ2) is 7.60. The first-order chi connectivity index (χ1) is 10.5. The molecule has 2 heterocycles. The van der Waals surface area contributed by atoms with Gasteiger partial charge in [-0.3, -0.25) is 0 Å². The van der Waals surface area contributed by atoms with Crippen LogP contribution in [0, 0.1) is 0 Å². The zero-order valence-corrected chi connectivity index (χ0v) is 13.9. The van der Waals surface area contributed by atoms with Crippen LogP contribution < -0.4 is 10.6 Å². The quantitative estimate of drug-likeness (QED) is 0.819. The van der Waals surface area contributed by atoms with Gasteiger partial charge in [0, 0.05) is 32.1 Å². The number of nitrogens with one attached hydrogen (secondary N) is 2. The summed E-state index contributed by atoms with van der Waals surface area (Å²) in [5, 5.41) is 6.00. The van der Waals surface area contributed by atoms with Crippen LogP contribution in [0.25, 0.3) is 0 Å². The average molecular weight is 309 g/mol. The predicted octanol–water partition coefficient (Wildman–Crippen LogP) is 0.890. The number of urea groups is 1. The van der Waals surface area contributed by atoms with Crippen LogP contribution in [-0.2, 0) is 11.8 Å². The van der Waals surface area contributed by atoms with Gasteiger partial charge in [0.1, 0.15) is 11.9 Å². The number of aromatic nitrogens is 2. The maximum absolute atomic E-state index is 12.1. The molecule has 0 bridgehead atoms. The number of hydrogen-bond acceptors (Lipinski definition) is 4. The predicted molar refractivity (Wildman–Crippen MR) is 84.6 cm³/mol. The van der Waals surface area contributed by atoms with Gasteiger partial charge in [0.05, 0.1) is 6.04 Å². The lowest BCUT2D eigenvalue weighted by atomic mass is 10.1. The molecule has 0 aliphatic carbocycles. The highest BCUT2D eigenvalue weighted by molar-refractivity contribution is 5.74.